The van der Waals surface area contributed by atoms with E-state index in [9.17, 15) is 9.90 Å². The maximum Gasteiger partial charge on any atom is 0.238 e. The molecule has 1 unspecified atom stereocenters. The summed E-state index contributed by atoms with van der Waals surface area (Å²) in [5.41, 5.74) is 1.02. The molecule has 1 fully saturated rings. The molecular weight excluding hydrogens is 242 g/mol. The van der Waals surface area contributed by atoms with Crippen molar-refractivity contribution in [3.63, 3.8) is 0 Å². The minimum absolute atomic E-state index is 0.0647. The molecule has 1 aliphatic heterocycles. The van der Waals surface area contributed by atoms with Crippen LogP contribution in [0.4, 0.5) is 0 Å². The molecule has 1 atom stereocenters. The van der Waals surface area contributed by atoms with Crippen LogP contribution in [0.1, 0.15) is 12.5 Å². The molecule has 0 saturated carbocycles. The van der Waals surface area contributed by atoms with Gasteiger partial charge in [0, 0.05) is 32.7 Å². The Kier molecular flexibility index (Phi) is 4.76. The van der Waals surface area contributed by atoms with E-state index in [1.54, 1.807) is 12.1 Å². The van der Waals surface area contributed by atoms with Gasteiger partial charge in [-0.2, -0.15) is 0 Å². The average molecular weight is 263 g/mol. The number of phenols is 1. The number of phenolic OH excluding ortho intramolecular Hbond substituents is 1. The van der Waals surface area contributed by atoms with Crippen LogP contribution >= 0.6 is 0 Å². The molecule has 0 aliphatic carbocycles. The second-order valence-electron chi connectivity index (χ2n) is 4.75. The fourth-order valence-electron chi connectivity index (χ4n) is 2.38. The molecule has 0 spiro atoms. The molecule has 1 amide bonds. The number of carbonyl (C=O) groups excluding carboxylic acids is 1. The standard InChI is InChI=1S/C14H21N3O2/c1-2-16-14(19)13-9-15-6-7-17(13)10-11-4-3-5-12(18)8-11/h3-5,8,13,15,18H,2,6-7,9-10H2,1H3,(H,16,19). The second-order valence-corrected chi connectivity index (χ2v) is 4.75. The van der Waals surface area contributed by atoms with Gasteiger partial charge >= 0.3 is 0 Å². The smallest absolute Gasteiger partial charge is 0.238 e. The van der Waals surface area contributed by atoms with Crippen molar-refractivity contribution >= 4 is 5.91 Å². The Morgan fingerprint density at radius 1 is 1.58 bits per heavy atom. The van der Waals surface area contributed by atoms with Crippen LogP contribution in [-0.4, -0.2) is 48.1 Å². The van der Waals surface area contributed by atoms with Gasteiger partial charge in [0.15, 0.2) is 0 Å². The number of amides is 1. The van der Waals surface area contributed by atoms with Gasteiger partial charge in [-0.3, -0.25) is 9.69 Å². The molecule has 3 N–H and O–H groups in total. The maximum absolute atomic E-state index is 12.0. The Morgan fingerprint density at radius 2 is 2.42 bits per heavy atom. The van der Waals surface area contributed by atoms with Crippen molar-refractivity contribution in [3.8, 4) is 5.75 Å². The Labute approximate surface area is 113 Å². The first-order valence-corrected chi connectivity index (χ1v) is 6.71. The molecule has 1 aromatic rings. The van der Waals surface area contributed by atoms with Crippen LogP contribution < -0.4 is 10.6 Å². The van der Waals surface area contributed by atoms with Gasteiger partial charge in [0.1, 0.15) is 11.8 Å². The van der Waals surface area contributed by atoms with Crippen molar-refractivity contribution in [3.05, 3.63) is 29.8 Å². The van der Waals surface area contributed by atoms with Crippen LogP contribution in [0.2, 0.25) is 0 Å². The van der Waals surface area contributed by atoms with Crippen LogP contribution in [0, 0.1) is 0 Å². The van der Waals surface area contributed by atoms with E-state index in [0.29, 0.717) is 19.6 Å². The predicted octanol–water partition coefficient (Wildman–Crippen LogP) is 0.302. The van der Waals surface area contributed by atoms with Crippen molar-refractivity contribution in [2.45, 2.75) is 19.5 Å². The number of benzene rings is 1. The molecule has 19 heavy (non-hydrogen) atoms. The number of hydrogen-bond donors (Lipinski definition) is 3. The van der Waals surface area contributed by atoms with Crippen molar-refractivity contribution in [1.29, 1.82) is 0 Å². The number of hydrogen-bond acceptors (Lipinski definition) is 4. The van der Waals surface area contributed by atoms with Crippen LogP contribution in [0.15, 0.2) is 24.3 Å². The van der Waals surface area contributed by atoms with E-state index in [1.165, 1.54) is 0 Å². The lowest BCUT2D eigenvalue weighted by molar-refractivity contribution is -0.127. The fourth-order valence-corrected chi connectivity index (χ4v) is 2.38. The van der Waals surface area contributed by atoms with Crippen molar-refractivity contribution in [2.24, 2.45) is 0 Å². The van der Waals surface area contributed by atoms with Gasteiger partial charge in [-0.15, -0.1) is 0 Å². The Morgan fingerprint density at radius 3 is 3.16 bits per heavy atom. The molecule has 1 aliphatic rings. The highest BCUT2D eigenvalue weighted by Gasteiger charge is 2.28. The molecule has 5 nitrogen and oxygen atoms in total. The summed E-state index contributed by atoms with van der Waals surface area (Å²) >= 11 is 0. The fraction of sp³-hybridized carbons (Fsp3) is 0.500. The van der Waals surface area contributed by atoms with Crippen LogP contribution in [0.3, 0.4) is 0 Å². The number of rotatable bonds is 4. The van der Waals surface area contributed by atoms with E-state index in [1.807, 2.05) is 19.1 Å². The topological polar surface area (TPSA) is 64.6 Å². The minimum atomic E-state index is -0.143. The highest BCUT2D eigenvalue weighted by molar-refractivity contribution is 5.82. The third-order valence-electron chi connectivity index (χ3n) is 3.30. The Bertz CT molecular complexity index is 436. The quantitative estimate of drug-likeness (QED) is 0.731. The van der Waals surface area contributed by atoms with E-state index >= 15 is 0 Å². The zero-order valence-corrected chi connectivity index (χ0v) is 11.2. The maximum atomic E-state index is 12.0. The Hall–Kier alpha value is -1.59. The molecule has 0 bridgehead atoms. The molecule has 5 heteroatoms. The number of aromatic hydroxyl groups is 1. The zero-order valence-electron chi connectivity index (χ0n) is 11.2. The predicted molar refractivity (Wildman–Crippen MR) is 73.9 cm³/mol. The monoisotopic (exact) mass is 263 g/mol. The van der Waals surface area contributed by atoms with Gasteiger partial charge < -0.3 is 15.7 Å². The molecule has 104 valence electrons. The van der Waals surface area contributed by atoms with Gasteiger partial charge in [-0.25, -0.2) is 0 Å². The molecular formula is C14H21N3O2. The van der Waals surface area contributed by atoms with Gasteiger partial charge in [0.25, 0.3) is 0 Å². The summed E-state index contributed by atoms with van der Waals surface area (Å²) in [6, 6.07) is 7.06. The molecule has 1 saturated heterocycles. The number of nitrogens with zero attached hydrogens (tertiary/aromatic N) is 1. The molecule has 1 aromatic carbocycles. The summed E-state index contributed by atoms with van der Waals surface area (Å²) in [5.74, 6) is 0.331. The molecule has 2 rings (SSSR count). The normalized spacial score (nSPS) is 20.2. The van der Waals surface area contributed by atoms with Gasteiger partial charge in [0.05, 0.1) is 0 Å². The number of likely N-dealkylation sites (N-methyl/N-ethyl adjacent to an activating group) is 1. The first-order chi connectivity index (χ1) is 9.20. The van der Waals surface area contributed by atoms with Crippen molar-refractivity contribution in [1.82, 2.24) is 15.5 Å². The summed E-state index contributed by atoms with van der Waals surface area (Å²) in [6.45, 7) is 5.64. The summed E-state index contributed by atoms with van der Waals surface area (Å²) in [7, 11) is 0. The average Bonchev–Trinajstić information content (AvgIpc) is 2.39. The molecule has 1 heterocycles. The summed E-state index contributed by atoms with van der Waals surface area (Å²) in [6.07, 6.45) is 0. The highest BCUT2D eigenvalue weighted by Crippen LogP contribution is 2.15. The highest BCUT2D eigenvalue weighted by atomic mass is 16.3. The van der Waals surface area contributed by atoms with Crippen LogP contribution in [0.25, 0.3) is 0 Å². The lowest BCUT2D eigenvalue weighted by Gasteiger charge is -2.35. The molecule has 0 radical (unpaired) electrons. The zero-order chi connectivity index (χ0) is 13.7. The van der Waals surface area contributed by atoms with Gasteiger partial charge in [-0.1, -0.05) is 12.1 Å². The van der Waals surface area contributed by atoms with Gasteiger partial charge in [0.2, 0.25) is 5.91 Å². The van der Waals surface area contributed by atoms with E-state index in [4.69, 9.17) is 0 Å². The minimum Gasteiger partial charge on any atom is -0.508 e. The SMILES string of the molecule is CCNC(=O)C1CNCCN1Cc1cccc(O)c1. The number of nitrogens with one attached hydrogen (secondary N) is 2. The first-order valence-electron chi connectivity index (χ1n) is 6.71. The third-order valence-corrected chi connectivity index (χ3v) is 3.30. The number of piperazine rings is 1. The van der Waals surface area contributed by atoms with E-state index in [-0.39, 0.29) is 17.7 Å². The summed E-state index contributed by atoms with van der Waals surface area (Å²) in [5, 5.41) is 15.6. The molecule has 0 aromatic heterocycles. The van der Waals surface area contributed by atoms with Crippen molar-refractivity contribution in [2.75, 3.05) is 26.2 Å². The second kappa shape index (κ2) is 6.54. The van der Waals surface area contributed by atoms with Crippen LogP contribution in [0.5, 0.6) is 5.75 Å². The summed E-state index contributed by atoms with van der Waals surface area (Å²) < 4.78 is 0. The Balaban J connectivity index is 2.05. The lowest BCUT2D eigenvalue weighted by Crippen LogP contribution is -2.57. The van der Waals surface area contributed by atoms with E-state index < -0.39 is 0 Å². The number of carbonyl (C=O) groups is 1. The van der Waals surface area contributed by atoms with E-state index in [2.05, 4.69) is 15.5 Å². The summed E-state index contributed by atoms with van der Waals surface area (Å²) in [4.78, 5) is 14.2. The third kappa shape index (κ3) is 3.68. The largest absolute Gasteiger partial charge is 0.508 e. The van der Waals surface area contributed by atoms with Gasteiger partial charge in [-0.05, 0) is 24.6 Å². The van der Waals surface area contributed by atoms with Crippen molar-refractivity contribution < 1.29 is 9.90 Å². The van der Waals surface area contributed by atoms with E-state index in [0.717, 1.165) is 18.7 Å². The first kappa shape index (κ1) is 13.8. The lowest BCUT2D eigenvalue weighted by atomic mass is 10.1. The van der Waals surface area contributed by atoms with Crippen LogP contribution in [-0.2, 0) is 11.3 Å².